The van der Waals surface area contributed by atoms with E-state index in [1.807, 2.05) is 41.1 Å². The predicted molar refractivity (Wildman–Crippen MR) is 118 cm³/mol. The van der Waals surface area contributed by atoms with Crippen molar-refractivity contribution in [1.29, 1.82) is 0 Å². The Bertz CT molecular complexity index is 1370. The maximum absolute atomic E-state index is 12.8. The number of halogens is 1. The molecule has 0 saturated carbocycles. The number of thiophene rings is 2. The molecule has 0 fully saturated rings. The molecule has 4 heterocycles. The second kappa shape index (κ2) is 7.29. The lowest BCUT2D eigenvalue weighted by Crippen LogP contribution is -2.10. The van der Waals surface area contributed by atoms with E-state index in [9.17, 15) is 4.79 Å². The van der Waals surface area contributed by atoms with Crippen molar-refractivity contribution in [1.82, 2.24) is 19.9 Å². The third-order valence-corrected chi connectivity index (χ3v) is 7.27. The molecule has 0 atom stereocenters. The van der Waals surface area contributed by atoms with Crippen LogP contribution < -0.4 is 5.56 Å². The van der Waals surface area contributed by atoms with Crippen molar-refractivity contribution in [2.24, 2.45) is 0 Å². The number of rotatable bonds is 4. The molecule has 0 spiro atoms. The normalized spacial score (nSPS) is 11.5. The molecule has 0 bridgehead atoms. The van der Waals surface area contributed by atoms with Crippen LogP contribution in [0.25, 0.3) is 31.6 Å². The first-order chi connectivity index (χ1) is 13.7. The van der Waals surface area contributed by atoms with Gasteiger partial charge in [-0.3, -0.25) is 4.79 Å². The molecule has 0 aliphatic heterocycles. The van der Waals surface area contributed by atoms with Crippen LogP contribution in [0.1, 0.15) is 5.82 Å². The zero-order chi connectivity index (χ0) is 19.1. The van der Waals surface area contributed by atoms with Gasteiger partial charge in [0.1, 0.15) is 26.8 Å². The van der Waals surface area contributed by atoms with E-state index >= 15 is 0 Å². The lowest BCUT2D eigenvalue weighted by atomic mass is 10.1. The monoisotopic (exact) mass is 442 g/mol. The number of H-pyrrole nitrogens is 1. The summed E-state index contributed by atoms with van der Waals surface area (Å²) in [7, 11) is 0. The Balaban J connectivity index is 1.50. The zero-order valence-corrected chi connectivity index (χ0v) is 17.4. The van der Waals surface area contributed by atoms with Gasteiger partial charge in [-0.2, -0.15) is 0 Å². The maximum atomic E-state index is 12.8. The Labute approximate surface area is 176 Å². The van der Waals surface area contributed by atoms with E-state index in [1.54, 1.807) is 17.7 Å². The van der Waals surface area contributed by atoms with E-state index in [1.165, 1.54) is 23.1 Å². The average molecular weight is 443 g/mol. The summed E-state index contributed by atoms with van der Waals surface area (Å²) in [6.07, 6.45) is 1.57. The molecule has 0 saturated heterocycles. The molecule has 1 N–H and O–H groups in total. The predicted octanol–water partition coefficient (Wildman–Crippen LogP) is 5.60. The first-order valence-corrected chi connectivity index (χ1v) is 11.4. The number of fused-ring (bicyclic) bond motifs is 2. The summed E-state index contributed by atoms with van der Waals surface area (Å²) in [5, 5.41) is 7.04. The highest BCUT2D eigenvalue weighted by molar-refractivity contribution is 7.98. The number of hydrogen-bond acceptors (Lipinski definition) is 7. The van der Waals surface area contributed by atoms with Crippen LogP contribution in [0, 0.1) is 0 Å². The van der Waals surface area contributed by atoms with E-state index in [0.29, 0.717) is 26.8 Å². The van der Waals surface area contributed by atoms with Gasteiger partial charge in [0.15, 0.2) is 0 Å². The van der Waals surface area contributed by atoms with Crippen molar-refractivity contribution in [2.75, 3.05) is 0 Å². The number of benzene rings is 1. The van der Waals surface area contributed by atoms with Crippen LogP contribution >= 0.6 is 46.0 Å². The topological polar surface area (TPSA) is 71.5 Å². The Kier molecular flexibility index (Phi) is 4.64. The molecule has 28 heavy (non-hydrogen) atoms. The fourth-order valence-corrected chi connectivity index (χ4v) is 5.80. The average Bonchev–Trinajstić information content (AvgIpc) is 3.34. The standard InChI is InChI=1S/C19H11ClN4OS3/c20-13-4-2-1-3-10(13)12-7-27-19-15(12)16(25)23-14(24-19)8-28-18-11-5-6-26-17(11)21-9-22-18/h1-7,9H,8H2,(H,23,24,25). The molecule has 1 aromatic carbocycles. The largest absolute Gasteiger partial charge is 0.309 e. The van der Waals surface area contributed by atoms with Gasteiger partial charge in [0, 0.05) is 26.9 Å². The van der Waals surface area contributed by atoms with Gasteiger partial charge in [0.2, 0.25) is 0 Å². The van der Waals surface area contributed by atoms with Gasteiger partial charge in [0.25, 0.3) is 5.56 Å². The van der Waals surface area contributed by atoms with Gasteiger partial charge in [-0.25, -0.2) is 15.0 Å². The quantitative estimate of drug-likeness (QED) is 0.289. The molecule has 0 amide bonds. The van der Waals surface area contributed by atoms with Crippen LogP contribution in [0.4, 0.5) is 0 Å². The number of nitrogens with one attached hydrogen (secondary N) is 1. The van der Waals surface area contributed by atoms with Gasteiger partial charge in [-0.15, -0.1) is 22.7 Å². The lowest BCUT2D eigenvalue weighted by molar-refractivity contribution is 1.04. The van der Waals surface area contributed by atoms with E-state index in [-0.39, 0.29) is 5.56 Å². The van der Waals surface area contributed by atoms with Crippen molar-refractivity contribution in [2.45, 2.75) is 10.8 Å². The summed E-state index contributed by atoms with van der Waals surface area (Å²) in [5.41, 5.74) is 1.50. The second-order valence-corrected chi connectivity index (χ2v) is 9.05. The molecule has 0 aliphatic carbocycles. The third kappa shape index (κ3) is 3.12. The molecule has 9 heteroatoms. The summed E-state index contributed by atoms with van der Waals surface area (Å²) in [4.78, 5) is 30.6. The number of hydrogen-bond donors (Lipinski definition) is 1. The third-order valence-electron chi connectivity index (χ3n) is 4.23. The van der Waals surface area contributed by atoms with Crippen molar-refractivity contribution >= 4 is 66.5 Å². The fourth-order valence-electron chi connectivity index (χ4n) is 2.96. The SMILES string of the molecule is O=c1[nH]c(CSc2ncnc3sccc23)nc2scc(-c3ccccc3Cl)c12. The van der Waals surface area contributed by atoms with Crippen LogP contribution in [0.5, 0.6) is 0 Å². The molecule has 5 aromatic rings. The highest BCUT2D eigenvalue weighted by atomic mass is 35.5. The summed E-state index contributed by atoms with van der Waals surface area (Å²) in [6.45, 7) is 0. The summed E-state index contributed by atoms with van der Waals surface area (Å²) < 4.78 is 0. The molecular formula is C19H11ClN4OS3. The van der Waals surface area contributed by atoms with E-state index < -0.39 is 0 Å². The van der Waals surface area contributed by atoms with Gasteiger partial charge in [-0.1, -0.05) is 41.6 Å². The van der Waals surface area contributed by atoms with Crippen LogP contribution in [0.3, 0.4) is 0 Å². The molecule has 0 unspecified atom stereocenters. The Morgan fingerprint density at radius 3 is 2.86 bits per heavy atom. The minimum absolute atomic E-state index is 0.153. The van der Waals surface area contributed by atoms with Gasteiger partial charge < -0.3 is 4.98 Å². The smallest absolute Gasteiger partial charge is 0.260 e. The van der Waals surface area contributed by atoms with Crippen molar-refractivity contribution in [3.8, 4) is 11.1 Å². The molecule has 0 radical (unpaired) electrons. The minimum atomic E-state index is -0.153. The highest BCUT2D eigenvalue weighted by Crippen LogP contribution is 2.35. The maximum Gasteiger partial charge on any atom is 0.260 e. The molecule has 4 aromatic heterocycles. The van der Waals surface area contributed by atoms with Crippen molar-refractivity contribution in [3.63, 3.8) is 0 Å². The molecule has 5 rings (SSSR count). The van der Waals surface area contributed by atoms with E-state index in [2.05, 4.69) is 19.9 Å². The van der Waals surface area contributed by atoms with Crippen molar-refractivity contribution < 1.29 is 0 Å². The van der Waals surface area contributed by atoms with Gasteiger partial charge in [0.05, 0.1) is 11.1 Å². The summed E-state index contributed by atoms with van der Waals surface area (Å²) >= 11 is 10.9. The summed E-state index contributed by atoms with van der Waals surface area (Å²) in [5.74, 6) is 1.14. The lowest BCUT2D eigenvalue weighted by Gasteiger charge is -2.04. The van der Waals surface area contributed by atoms with Gasteiger partial charge >= 0.3 is 0 Å². The highest BCUT2D eigenvalue weighted by Gasteiger charge is 2.15. The number of aromatic amines is 1. The molecule has 0 aliphatic rings. The van der Waals surface area contributed by atoms with Crippen LogP contribution in [0.15, 0.2) is 57.2 Å². The number of nitrogens with zero attached hydrogens (tertiary/aromatic N) is 3. The molecule has 5 nitrogen and oxygen atoms in total. The molecular weight excluding hydrogens is 432 g/mol. The van der Waals surface area contributed by atoms with Crippen LogP contribution in [-0.2, 0) is 5.75 Å². The van der Waals surface area contributed by atoms with E-state index in [4.69, 9.17) is 11.6 Å². The molecule has 138 valence electrons. The number of thioether (sulfide) groups is 1. The van der Waals surface area contributed by atoms with Gasteiger partial charge in [-0.05, 0) is 17.5 Å². The summed E-state index contributed by atoms with van der Waals surface area (Å²) in [6, 6.07) is 9.52. The fraction of sp³-hybridized carbons (Fsp3) is 0.0526. The first kappa shape index (κ1) is 17.8. The first-order valence-electron chi connectivity index (χ1n) is 8.27. The second-order valence-electron chi connectivity index (χ2n) is 5.93. The van der Waals surface area contributed by atoms with E-state index in [0.717, 1.165) is 26.4 Å². The van der Waals surface area contributed by atoms with Crippen LogP contribution in [-0.4, -0.2) is 19.9 Å². The Morgan fingerprint density at radius 2 is 1.96 bits per heavy atom. The Morgan fingerprint density at radius 1 is 1.07 bits per heavy atom. The Hall–Kier alpha value is -2.26. The number of aromatic nitrogens is 4. The van der Waals surface area contributed by atoms with Crippen molar-refractivity contribution in [3.05, 3.63) is 68.6 Å². The zero-order valence-electron chi connectivity index (χ0n) is 14.2. The van der Waals surface area contributed by atoms with Crippen LogP contribution in [0.2, 0.25) is 5.02 Å². The minimum Gasteiger partial charge on any atom is -0.309 e.